The van der Waals surface area contributed by atoms with Crippen LogP contribution in [0.15, 0.2) is 0 Å². The minimum atomic E-state index is -2.10. The quantitative estimate of drug-likeness (QED) is 0.261. The van der Waals surface area contributed by atoms with Gasteiger partial charge < -0.3 is 14.0 Å². The molecule has 0 amide bonds. The van der Waals surface area contributed by atoms with Crippen LogP contribution in [0, 0.1) is 0 Å². The molecule has 0 saturated heterocycles. The SMILES string of the molecule is CCCCCC[C@H](O[Si](C)(C)C(C)(C)C)[C@H](CC(=O)O)O[Si](C)(C)C(C)(C)C. The second-order valence-electron chi connectivity index (χ2n) is 11.3. The van der Waals surface area contributed by atoms with Crippen molar-refractivity contribution in [3.8, 4) is 0 Å². The summed E-state index contributed by atoms with van der Waals surface area (Å²) in [6.45, 7) is 24.4. The minimum absolute atomic E-state index is 0.0135. The molecule has 0 aliphatic rings. The zero-order valence-electron chi connectivity index (χ0n) is 20.6. The van der Waals surface area contributed by atoms with Gasteiger partial charge in [-0.3, -0.25) is 4.79 Å². The van der Waals surface area contributed by atoms with Crippen LogP contribution in [0.3, 0.4) is 0 Å². The van der Waals surface area contributed by atoms with E-state index in [1.165, 1.54) is 12.8 Å². The third-order valence-corrected chi connectivity index (χ3v) is 15.6. The molecule has 0 aromatic carbocycles. The maximum absolute atomic E-state index is 11.7. The van der Waals surface area contributed by atoms with Crippen molar-refractivity contribution in [3.05, 3.63) is 0 Å². The van der Waals surface area contributed by atoms with Crippen molar-refractivity contribution >= 4 is 22.6 Å². The van der Waals surface area contributed by atoms with Crippen molar-refractivity contribution in [1.29, 1.82) is 0 Å². The lowest BCUT2D eigenvalue weighted by Gasteiger charge is -2.45. The van der Waals surface area contributed by atoms with Crippen LogP contribution in [0.5, 0.6) is 0 Å². The Morgan fingerprint density at radius 3 is 1.61 bits per heavy atom. The average molecular weight is 433 g/mol. The molecule has 0 radical (unpaired) electrons. The Labute approximate surface area is 177 Å². The fraction of sp³-hybridized carbons (Fsp3) is 0.955. The van der Waals surface area contributed by atoms with Crippen LogP contribution in [-0.4, -0.2) is 39.9 Å². The van der Waals surface area contributed by atoms with E-state index in [2.05, 4.69) is 74.7 Å². The molecule has 0 aliphatic carbocycles. The average Bonchev–Trinajstić information content (AvgIpc) is 2.46. The number of carboxylic acid groups (broad SMARTS) is 1. The number of carbonyl (C=O) groups is 1. The Kier molecular flexibility index (Phi) is 10.7. The van der Waals surface area contributed by atoms with Gasteiger partial charge in [0.1, 0.15) is 0 Å². The fourth-order valence-corrected chi connectivity index (χ4v) is 5.35. The Balaban J connectivity index is 5.71. The first-order chi connectivity index (χ1) is 12.4. The summed E-state index contributed by atoms with van der Waals surface area (Å²) in [4.78, 5) is 11.7. The van der Waals surface area contributed by atoms with E-state index >= 15 is 0 Å². The molecule has 4 nitrogen and oxygen atoms in total. The van der Waals surface area contributed by atoms with Gasteiger partial charge in [-0.15, -0.1) is 0 Å². The third kappa shape index (κ3) is 9.10. The van der Waals surface area contributed by atoms with Crippen LogP contribution in [0.4, 0.5) is 0 Å². The van der Waals surface area contributed by atoms with E-state index in [4.69, 9.17) is 8.85 Å². The zero-order valence-corrected chi connectivity index (χ0v) is 22.6. The van der Waals surface area contributed by atoms with Crippen molar-refractivity contribution in [3.63, 3.8) is 0 Å². The van der Waals surface area contributed by atoms with Gasteiger partial charge in [-0.05, 0) is 42.7 Å². The maximum Gasteiger partial charge on any atom is 0.306 e. The summed E-state index contributed by atoms with van der Waals surface area (Å²) >= 11 is 0. The highest BCUT2D eigenvalue weighted by atomic mass is 28.4. The molecule has 0 saturated carbocycles. The van der Waals surface area contributed by atoms with Crippen molar-refractivity contribution in [2.24, 2.45) is 0 Å². The summed E-state index contributed by atoms with van der Waals surface area (Å²) in [7, 11) is -4.13. The van der Waals surface area contributed by atoms with Gasteiger partial charge in [0.2, 0.25) is 0 Å². The molecule has 0 heterocycles. The highest BCUT2D eigenvalue weighted by Gasteiger charge is 2.45. The monoisotopic (exact) mass is 432 g/mol. The van der Waals surface area contributed by atoms with Crippen LogP contribution in [0.25, 0.3) is 0 Å². The van der Waals surface area contributed by atoms with Gasteiger partial charge in [0, 0.05) is 0 Å². The molecule has 0 rings (SSSR count). The van der Waals surface area contributed by atoms with Gasteiger partial charge in [-0.1, -0.05) is 74.1 Å². The first-order valence-electron chi connectivity index (χ1n) is 11.0. The molecule has 0 aromatic rings. The molecule has 0 unspecified atom stereocenters. The van der Waals surface area contributed by atoms with Gasteiger partial charge in [-0.2, -0.15) is 0 Å². The Bertz CT molecular complexity index is 476. The van der Waals surface area contributed by atoms with Gasteiger partial charge in [-0.25, -0.2) is 0 Å². The van der Waals surface area contributed by atoms with Crippen LogP contribution in [0.1, 0.15) is 87.0 Å². The molecule has 2 atom stereocenters. The molecule has 28 heavy (non-hydrogen) atoms. The van der Waals surface area contributed by atoms with E-state index in [0.717, 1.165) is 19.3 Å². The topological polar surface area (TPSA) is 55.8 Å². The maximum atomic E-state index is 11.7. The van der Waals surface area contributed by atoms with Crippen LogP contribution in [0.2, 0.25) is 36.3 Å². The van der Waals surface area contributed by atoms with Crippen molar-refractivity contribution in [2.45, 2.75) is 135 Å². The number of rotatable bonds is 12. The summed E-state index contributed by atoms with van der Waals surface area (Å²) < 4.78 is 13.4. The standard InChI is InChI=1S/C22H48O4Si2/c1-12-13-14-15-16-18(25-27(8,9)21(2,3)4)19(17-20(23)24)26-28(10,11)22(5,6)7/h18-19H,12-17H2,1-11H3,(H,23,24)/t18-,19-/m0/s1. The summed E-state index contributed by atoms with van der Waals surface area (Å²) in [6.07, 6.45) is 4.97. The first-order valence-corrected chi connectivity index (χ1v) is 16.8. The van der Waals surface area contributed by atoms with Crippen LogP contribution >= 0.6 is 0 Å². The second kappa shape index (κ2) is 10.7. The molecule has 0 aliphatic heterocycles. The van der Waals surface area contributed by atoms with E-state index in [1.807, 2.05) is 0 Å². The Morgan fingerprint density at radius 2 is 1.25 bits per heavy atom. The minimum Gasteiger partial charge on any atom is -0.481 e. The molecule has 6 heteroatoms. The smallest absolute Gasteiger partial charge is 0.306 e. The molecule has 168 valence electrons. The summed E-state index contributed by atoms with van der Waals surface area (Å²) in [5, 5.41) is 9.71. The highest BCUT2D eigenvalue weighted by Crippen LogP contribution is 2.41. The number of carboxylic acids is 1. The van der Waals surface area contributed by atoms with E-state index < -0.39 is 22.6 Å². The van der Waals surface area contributed by atoms with Gasteiger partial charge >= 0.3 is 5.97 Å². The molecule has 0 bridgehead atoms. The normalized spacial score (nSPS) is 16.1. The number of hydrogen-bond donors (Lipinski definition) is 1. The van der Waals surface area contributed by atoms with Gasteiger partial charge in [0.05, 0.1) is 18.6 Å². The number of aliphatic carboxylic acids is 1. The summed E-state index contributed by atoms with van der Waals surface area (Å²) in [5.74, 6) is -0.805. The van der Waals surface area contributed by atoms with E-state index in [9.17, 15) is 9.90 Å². The third-order valence-electron chi connectivity index (χ3n) is 6.64. The summed E-state index contributed by atoms with van der Waals surface area (Å²) in [6, 6.07) is 0. The van der Waals surface area contributed by atoms with Crippen molar-refractivity contribution < 1.29 is 18.8 Å². The second-order valence-corrected chi connectivity index (χ2v) is 20.8. The number of unbranched alkanes of at least 4 members (excludes halogenated alkanes) is 3. The largest absolute Gasteiger partial charge is 0.481 e. The lowest BCUT2D eigenvalue weighted by Crippen LogP contribution is -2.52. The molecule has 0 fully saturated rings. The predicted octanol–water partition coefficient (Wildman–Crippen LogP) is 7.21. The molecule has 0 spiro atoms. The molecular weight excluding hydrogens is 384 g/mol. The highest BCUT2D eigenvalue weighted by molar-refractivity contribution is 6.74. The van der Waals surface area contributed by atoms with E-state index in [0.29, 0.717) is 0 Å². The lowest BCUT2D eigenvalue weighted by atomic mass is 10.0. The van der Waals surface area contributed by atoms with E-state index in [-0.39, 0.29) is 28.7 Å². The molecule has 0 aromatic heterocycles. The summed E-state index contributed by atoms with van der Waals surface area (Å²) in [5.41, 5.74) is 0. The van der Waals surface area contributed by atoms with Crippen molar-refractivity contribution in [1.82, 2.24) is 0 Å². The lowest BCUT2D eigenvalue weighted by molar-refractivity contribution is -0.140. The van der Waals surface area contributed by atoms with Crippen molar-refractivity contribution in [2.75, 3.05) is 0 Å². The first kappa shape index (κ1) is 27.8. The Morgan fingerprint density at radius 1 is 0.821 bits per heavy atom. The van der Waals surface area contributed by atoms with Crippen LogP contribution in [-0.2, 0) is 13.6 Å². The Hall–Kier alpha value is -0.176. The fourth-order valence-electron chi connectivity index (χ4n) is 2.62. The van der Waals surface area contributed by atoms with Gasteiger partial charge in [0.25, 0.3) is 0 Å². The van der Waals surface area contributed by atoms with E-state index in [1.54, 1.807) is 0 Å². The molecule has 1 N–H and O–H groups in total. The molecular formula is C22H48O4Si2. The number of hydrogen-bond acceptors (Lipinski definition) is 3. The van der Waals surface area contributed by atoms with Gasteiger partial charge in [0.15, 0.2) is 16.6 Å². The van der Waals surface area contributed by atoms with Crippen LogP contribution < -0.4 is 0 Å². The zero-order chi connectivity index (χ0) is 22.4. The predicted molar refractivity (Wildman–Crippen MR) is 125 cm³/mol.